The molecule has 5 nitrogen and oxygen atoms in total. The summed E-state index contributed by atoms with van der Waals surface area (Å²) in [6.07, 6.45) is 3.51. The lowest BCUT2D eigenvalue weighted by atomic mass is 10.0. The van der Waals surface area contributed by atoms with Crippen LogP contribution in [0.25, 0.3) is 0 Å². The number of aryl methyl sites for hydroxylation is 1. The van der Waals surface area contributed by atoms with Crippen molar-refractivity contribution in [1.29, 1.82) is 0 Å². The van der Waals surface area contributed by atoms with Crippen molar-refractivity contribution in [2.24, 2.45) is 10.1 Å². The minimum atomic E-state index is -3.68. The Bertz CT molecular complexity index is 766. The van der Waals surface area contributed by atoms with E-state index in [9.17, 15) is 8.42 Å². The fourth-order valence-electron chi connectivity index (χ4n) is 2.39. The highest BCUT2D eigenvalue weighted by molar-refractivity contribution is 9.12. The minimum absolute atomic E-state index is 0.240. The van der Waals surface area contributed by atoms with Crippen molar-refractivity contribution < 1.29 is 8.42 Å². The Balaban J connectivity index is 2.03. The number of sulfonamides is 1. The molecule has 0 saturated carbocycles. The van der Waals surface area contributed by atoms with Crippen molar-refractivity contribution in [2.75, 3.05) is 0 Å². The molecule has 2 heterocycles. The summed E-state index contributed by atoms with van der Waals surface area (Å²) in [6, 6.07) is 6.12. The molecule has 0 aromatic heterocycles. The van der Waals surface area contributed by atoms with Gasteiger partial charge in [0.25, 0.3) is 10.0 Å². The van der Waals surface area contributed by atoms with Crippen LogP contribution in [0, 0.1) is 6.92 Å². The van der Waals surface area contributed by atoms with Crippen LogP contribution in [-0.2, 0) is 10.0 Å². The van der Waals surface area contributed by atoms with Crippen LogP contribution in [0.3, 0.4) is 0 Å². The van der Waals surface area contributed by atoms with Crippen LogP contribution in [0.4, 0.5) is 0 Å². The Morgan fingerprint density at radius 3 is 2.52 bits per heavy atom. The van der Waals surface area contributed by atoms with E-state index in [0.29, 0.717) is 5.71 Å². The molecule has 2 aliphatic rings. The van der Waals surface area contributed by atoms with Gasteiger partial charge < -0.3 is 0 Å². The number of fused-ring (bicyclic) bond motifs is 1. The summed E-state index contributed by atoms with van der Waals surface area (Å²) in [5.41, 5.74) is 1.71. The van der Waals surface area contributed by atoms with Gasteiger partial charge >= 0.3 is 0 Å². The van der Waals surface area contributed by atoms with Gasteiger partial charge in [-0.05, 0) is 48.0 Å². The SMILES string of the molecule is CC1=NN(S(=O)(=O)c2ccc(C)cc2)C2C=C(Br)C=NC12. The number of benzene rings is 1. The van der Waals surface area contributed by atoms with E-state index in [1.807, 2.05) is 13.0 Å². The summed E-state index contributed by atoms with van der Waals surface area (Å²) in [5.74, 6) is 0. The molecule has 0 bridgehead atoms. The second kappa shape index (κ2) is 5.06. The molecule has 0 radical (unpaired) electrons. The predicted molar refractivity (Wildman–Crippen MR) is 86.4 cm³/mol. The van der Waals surface area contributed by atoms with Crippen LogP contribution in [0.15, 0.2) is 49.8 Å². The summed E-state index contributed by atoms with van der Waals surface area (Å²) in [5, 5.41) is 4.22. The number of hydrazone groups is 1. The van der Waals surface area contributed by atoms with Crippen LogP contribution in [0.2, 0.25) is 0 Å². The van der Waals surface area contributed by atoms with E-state index in [4.69, 9.17) is 0 Å². The molecule has 1 aromatic rings. The molecule has 0 saturated heterocycles. The molecule has 7 heteroatoms. The number of rotatable bonds is 2. The van der Waals surface area contributed by atoms with E-state index in [-0.39, 0.29) is 10.9 Å². The second-order valence-corrected chi connectivity index (χ2v) is 7.81. The Labute approximate surface area is 132 Å². The average Bonchev–Trinajstić information content (AvgIpc) is 2.76. The Morgan fingerprint density at radius 1 is 1.19 bits per heavy atom. The molecule has 21 heavy (non-hydrogen) atoms. The number of nitrogens with zero attached hydrogens (tertiary/aromatic N) is 3. The fraction of sp³-hybridized carbons (Fsp3) is 0.286. The van der Waals surface area contributed by atoms with E-state index in [1.165, 1.54) is 0 Å². The van der Waals surface area contributed by atoms with Gasteiger partial charge in [0.05, 0.1) is 10.6 Å². The molecule has 3 rings (SSSR count). The highest BCUT2D eigenvalue weighted by Crippen LogP contribution is 2.31. The first kappa shape index (κ1) is 14.5. The van der Waals surface area contributed by atoms with E-state index < -0.39 is 16.1 Å². The highest BCUT2D eigenvalue weighted by atomic mass is 79.9. The lowest BCUT2D eigenvalue weighted by Crippen LogP contribution is -2.39. The van der Waals surface area contributed by atoms with Gasteiger partial charge in [-0.15, -0.1) is 0 Å². The van der Waals surface area contributed by atoms with E-state index in [0.717, 1.165) is 14.5 Å². The van der Waals surface area contributed by atoms with Gasteiger partial charge in [-0.2, -0.15) is 17.9 Å². The normalized spacial score (nSPS) is 24.6. The number of dihydropyridines is 1. The number of hydrogen-bond donors (Lipinski definition) is 0. The van der Waals surface area contributed by atoms with Crippen molar-refractivity contribution in [3.63, 3.8) is 0 Å². The third-order valence-corrected chi connectivity index (χ3v) is 5.67. The molecule has 0 fully saturated rings. The number of halogens is 1. The fourth-order valence-corrected chi connectivity index (χ4v) is 4.21. The average molecular weight is 368 g/mol. The Hall–Kier alpha value is -1.47. The van der Waals surface area contributed by atoms with Gasteiger partial charge in [0.15, 0.2) is 0 Å². The van der Waals surface area contributed by atoms with Crippen LogP contribution >= 0.6 is 15.9 Å². The topological polar surface area (TPSA) is 62.1 Å². The zero-order valence-corrected chi connectivity index (χ0v) is 14.0. The molecule has 110 valence electrons. The predicted octanol–water partition coefficient (Wildman–Crippen LogP) is 2.48. The smallest absolute Gasteiger partial charge is 0.279 e. The lowest BCUT2D eigenvalue weighted by molar-refractivity contribution is 0.393. The molecule has 1 aromatic carbocycles. The number of hydrogen-bond acceptors (Lipinski definition) is 4. The summed E-state index contributed by atoms with van der Waals surface area (Å²) >= 11 is 3.34. The monoisotopic (exact) mass is 367 g/mol. The minimum Gasteiger partial charge on any atom is -0.280 e. The number of aliphatic imine (C=N–C) groups is 1. The molecule has 0 aliphatic carbocycles. The van der Waals surface area contributed by atoms with Crippen LogP contribution in [0.5, 0.6) is 0 Å². The van der Waals surface area contributed by atoms with Crippen molar-refractivity contribution in [2.45, 2.75) is 30.8 Å². The van der Waals surface area contributed by atoms with Gasteiger partial charge in [-0.3, -0.25) is 4.99 Å². The number of allylic oxidation sites excluding steroid dienone is 1. The summed E-state index contributed by atoms with van der Waals surface area (Å²) in [7, 11) is -3.68. The van der Waals surface area contributed by atoms with Gasteiger partial charge in [0, 0.05) is 10.7 Å². The van der Waals surface area contributed by atoms with Crippen LogP contribution in [0.1, 0.15) is 12.5 Å². The Morgan fingerprint density at radius 2 is 1.86 bits per heavy atom. The van der Waals surface area contributed by atoms with E-state index >= 15 is 0 Å². The van der Waals surface area contributed by atoms with Crippen LogP contribution < -0.4 is 0 Å². The first-order valence-electron chi connectivity index (χ1n) is 6.46. The maximum atomic E-state index is 12.8. The Kier molecular flexibility index (Phi) is 3.49. The van der Waals surface area contributed by atoms with Gasteiger partial charge in [0.1, 0.15) is 12.1 Å². The van der Waals surface area contributed by atoms with E-state index in [2.05, 4.69) is 26.0 Å². The van der Waals surface area contributed by atoms with Crippen molar-refractivity contribution in [3.05, 3.63) is 40.4 Å². The second-order valence-electron chi connectivity index (χ2n) is 5.10. The van der Waals surface area contributed by atoms with Gasteiger partial charge in [-0.1, -0.05) is 17.7 Å². The van der Waals surface area contributed by atoms with Crippen molar-refractivity contribution in [1.82, 2.24) is 4.41 Å². The zero-order chi connectivity index (χ0) is 15.2. The molecule has 0 amide bonds. The summed E-state index contributed by atoms with van der Waals surface area (Å²) < 4.78 is 27.5. The van der Waals surface area contributed by atoms with Gasteiger partial charge in [0.2, 0.25) is 0 Å². The van der Waals surface area contributed by atoms with Gasteiger partial charge in [-0.25, -0.2) is 0 Å². The van der Waals surface area contributed by atoms with Crippen molar-refractivity contribution >= 4 is 37.9 Å². The zero-order valence-electron chi connectivity index (χ0n) is 11.6. The molecule has 2 atom stereocenters. The summed E-state index contributed by atoms with van der Waals surface area (Å²) in [4.78, 5) is 4.59. The third kappa shape index (κ3) is 2.44. The first-order chi connectivity index (χ1) is 9.89. The first-order valence-corrected chi connectivity index (χ1v) is 8.69. The quantitative estimate of drug-likeness (QED) is 0.805. The molecular formula is C14H14BrN3O2S. The highest BCUT2D eigenvalue weighted by Gasteiger charge is 2.41. The van der Waals surface area contributed by atoms with E-state index in [1.54, 1.807) is 37.4 Å². The largest absolute Gasteiger partial charge is 0.280 e. The maximum absolute atomic E-state index is 12.8. The summed E-state index contributed by atoms with van der Waals surface area (Å²) in [6.45, 7) is 3.72. The molecule has 2 aliphatic heterocycles. The third-order valence-electron chi connectivity index (χ3n) is 3.52. The standard InChI is InChI=1S/C14H14BrN3O2S/c1-9-3-5-12(6-4-9)21(19,20)18-13-7-11(15)8-16-14(13)10(2)17-18/h3-8,13-14H,1-2H3. The molecule has 0 N–H and O–H groups in total. The van der Waals surface area contributed by atoms with Crippen LogP contribution in [-0.4, -0.2) is 36.8 Å². The maximum Gasteiger partial charge on any atom is 0.279 e. The van der Waals surface area contributed by atoms with Crippen molar-refractivity contribution in [3.8, 4) is 0 Å². The molecule has 0 spiro atoms. The lowest BCUT2D eigenvalue weighted by Gasteiger charge is -2.25. The molecule has 2 unspecified atom stereocenters. The molecular weight excluding hydrogens is 354 g/mol.